The molecule has 104 valence electrons. The number of phenols is 1. The maximum absolute atomic E-state index is 13.4. The molecule has 2 aromatic carbocycles. The van der Waals surface area contributed by atoms with Gasteiger partial charge >= 0.3 is 0 Å². The summed E-state index contributed by atoms with van der Waals surface area (Å²) in [4.78, 5) is 0. The zero-order chi connectivity index (χ0) is 14.3. The summed E-state index contributed by atoms with van der Waals surface area (Å²) in [6.07, 6.45) is 0.108. The lowest BCUT2D eigenvalue weighted by atomic mass is 9.93. The Balaban J connectivity index is 1.96. The van der Waals surface area contributed by atoms with Crippen molar-refractivity contribution in [2.75, 3.05) is 0 Å². The van der Waals surface area contributed by atoms with Crippen LogP contribution in [0.1, 0.15) is 29.7 Å². The molecule has 1 heterocycles. The SMILES string of the molecule is N[C@@H]1CC(c2cc(O)cc(F)c2)Oc2ccc(Cl)cc21. The molecule has 0 aliphatic carbocycles. The topological polar surface area (TPSA) is 55.5 Å². The summed E-state index contributed by atoms with van der Waals surface area (Å²) in [6.45, 7) is 0. The van der Waals surface area contributed by atoms with Crippen molar-refractivity contribution < 1.29 is 14.2 Å². The number of hydrogen-bond donors (Lipinski definition) is 2. The van der Waals surface area contributed by atoms with E-state index in [2.05, 4.69) is 0 Å². The molecule has 0 radical (unpaired) electrons. The number of fused-ring (bicyclic) bond motifs is 1. The molecule has 0 spiro atoms. The van der Waals surface area contributed by atoms with Crippen LogP contribution in [0.5, 0.6) is 11.5 Å². The summed E-state index contributed by atoms with van der Waals surface area (Å²) in [5, 5.41) is 10.1. The molecule has 0 fully saturated rings. The zero-order valence-electron chi connectivity index (χ0n) is 10.5. The number of halogens is 2. The second-order valence-electron chi connectivity index (χ2n) is 4.87. The summed E-state index contributed by atoms with van der Waals surface area (Å²) in [6, 6.07) is 8.90. The van der Waals surface area contributed by atoms with E-state index in [1.54, 1.807) is 18.2 Å². The third-order valence-corrected chi connectivity index (χ3v) is 3.62. The molecule has 1 unspecified atom stereocenters. The summed E-state index contributed by atoms with van der Waals surface area (Å²) >= 11 is 5.94. The van der Waals surface area contributed by atoms with Crippen LogP contribution < -0.4 is 10.5 Å². The van der Waals surface area contributed by atoms with Gasteiger partial charge in [0.2, 0.25) is 0 Å². The largest absolute Gasteiger partial charge is 0.508 e. The van der Waals surface area contributed by atoms with E-state index in [-0.39, 0.29) is 17.9 Å². The van der Waals surface area contributed by atoms with Crippen LogP contribution in [-0.4, -0.2) is 5.11 Å². The van der Waals surface area contributed by atoms with Gasteiger partial charge < -0.3 is 15.6 Å². The minimum Gasteiger partial charge on any atom is -0.508 e. The fourth-order valence-electron chi connectivity index (χ4n) is 2.46. The van der Waals surface area contributed by atoms with E-state index < -0.39 is 5.82 Å². The molecule has 3 N–H and O–H groups in total. The normalized spacial score (nSPS) is 21.1. The summed E-state index contributed by atoms with van der Waals surface area (Å²) in [7, 11) is 0. The predicted octanol–water partition coefficient (Wildman–Crippen LogP) is 3.71. The van der Waals surface area contributed by atoms with Crippen molar-refractivity contribution in [1.29, 1.82) is 0 Å². The molecule has 0 saturated carbocycles. The minimum atomic E-state index is -0.501. The monoisotopic (exact) mass is 293 g/mol. The maximum atomic E-state index is 13.4. The lowest BCUT2D eigenvalue weighted by Gasteiger charge is -2.30. The lowest BCUT2D eigenvalue weighted by Crippen LogP contribution is -2.24. The number of benzene rings is 2. The van der Waals surface area contributed by atoms with Crippen molar-refractivity contribution in [1.82, 2.24) is 0 Å². The first-order valence-electron chi connectivity index (χ1n) is 6.24. The summed E-state index contributed by atoms with van der Waals surface area (Å²) < 4.78 is 19.2. The number of rotatable bonds is 1. The van der Waals surface area contributed by atoms with Gasteiger partial charge in [-0.1, -0.05) is 11.6 Å². The van der Waals surface area contributed by atoms with Crippen LogP contribution in [0.2, 0.25) is 5.02 Å². The fourth-order valence-corrected chi connectivity index (χ4v) is 2.64. The van der Waals surface area contributed by atoms with Crippen LogP contribution in [0.3, 0.4) is 0 Å². The zero-order valence-corrected chi connectivity index (χ0v) is 11.3. The standard InChI is InChI=1S/C15H13ClFNO2/c16-9-1-2-14-12(5-9)13(18)7-15(20-14)8-3-10(17)6-11(19)4-8/h1-6,13,15,19H,7,18H2/t13-,15?/m1/s1. The second kappa shape index (κ2) is 4.96. The van der Waals surface area contributed by atoms with Crippen molar-refractivity contribution >= 4 is 11.6 Å². The Morgan fingerprint density at radius 1 is 1.25 bits per heavy atom. The Labute approximate surface area is 120 Å². The number of phenolic OH excluding ortho intramolecular Hbond substituents is 1. The van der Waals surface area contributed by atoms with E-state index in [4.69, 9.17) is 22.1 Å². The average molecular weight is 294 g/mol. The summed E-state index contributed by atoms with van der Waals surface area (Å²) in [5.74, 6) is 0.0139. The third-order valence-electron chi connectivity index (χ3n) is 3.39. The molecule has 0 amide bonds. The van der Waals surface area contributed by atoms with Crippen molar-refractivity contribution in [3.63, 3.8) is 0 Å². The summed E-state index contributed by atoms with van der Waals surface area (Å²) in [5.41, 5.74) is 7.53. The molecule has 3 nitrogen and oxygen atoms in total. The number of nitrogens with two attached hydrogens (primary N) is 1. The van der Waals surface area contributed by atoms with Crippen molar-refractivity contribution in [2.24, 2.45) is 5.73 Å². The van der Waals surface area contributed by atoms with Crippen molar-refractivity contribution in [3.05, 3.63) is 58.4 Å². The Morgan fingerprint density at radius 2 is 2.05 bits per heavy atom. The highest BCUT2D eigenvalue weighted by Crippen LogP contribution is 2.41. The Kier molecular flexibility index (Phi) is 3.28. The van der Waals surface area contributed by atoms with E-state index in [0.717, 1.165) is 11.6 Å². The highest BCUT2D eigenvalue weighted by Gasteiger charge is 2.27. The number of ether oxygens (including phenoxy) is 1. The molecule has 20 heavy (non-hydrogen) atoms. The van der Waals surface area contributed by atoms with Crippen LogP contribution in [0.25, 0.3) is 0 Å². The number of aromatic hydroxyl groups is 1. The molecule has 1 aliphatic heterocycles. The van der Waals surface area contributed by atoms with Gasteiger partial charge in [0, 0.05) is 29.1 Å². The highest BCUT2D eigenvalue weighted by atomic mass is 35.5. The molecular weight excluding hydrogens is 281 g/mol. The van der Waals surface area contributed by atoms with Crippen LogP contribution in [-0.2, 0) is 0 Å². The van der Waals surface area contributed by atoms with Gasteiger partial charge in [-0.3, -0.25) is 0 Å². The molecule has 5 heteroatoms. The van der Waals surface area contributed by atoms with Gasteiger partial charge in [0.15, 0.2) is 0 Å². The van der Waals surface area contributed by atoms with Crippen LogP contribution in [0.15, 0.2) is 36.4 Å². The molecule has 1 aliphatic rings. The smallest absolute Gasteiger partial charge is 0.127 e. The Hall–Kier alpha value is -1.78. The van der Waals surface area contributed by atoms with E-state index in [0.29, 0.717) is 22.8 Å². The van der Waals surface area contributed by atoms with Gasteiger partial charge in [0.25, 0.3) is 0 Å². The molecule has 3 rings (SSSR count). The Morgan fingerprint density at radius 3 is 2.80 bits per heavy atom. The van der Waals surface area contributed by atoms with Crippen LogP contribution in [0, 0.1) is 5.82 Å². The third kappa shape index (κ3) is 2.44. The van der Waals surface area contributed by atoms with Crippen LogP contribution >= 0.6 is 11.6 Å². The van der Waals surface area contributed by atoms with Gasteiger partial charge in [-0.05, 0) is 35.9 Å². The van der Waals surface area contributed by atoms with Gasteiger partial charge in [0.05, 0.1) is 0 Å². The first-order valence-corrected chi connectivity index (χ1v) is 6.62. The minimum absolute atomic E-state index is 0.126. The molecular formula is C15H13ClFNO2. The first kappa shape index (κ1) is 13.2. The highest BCUT2D eigenvalue weighted by molar-refractivity contribution is 6.30. The Bertz CT molecular complexity index is 642. The molecule has 0 bridgehead atoms. The molecule has 2 atom stereocenters. The van der Waals surface area contributed by atoms with Crippen LogP contribution in [0.4, 0.5) is 4.39 Å². The second-order valence-corrected chi connectivity index (χ2v) is 5.31. The van der Waals surface area contributed by atoms with Gasteiger partial charge in [-0.25, -0.2) is 4.39 Å². The van der Waals surface area contributed by atoms with E-state index in [1.807, 2.05) is 0 Å². The molecule has 0 saturated heterocycles. The average Bonchev–Trinajstić information content (AvgIpc) is 2.38. The quantitative estimate of drug-likeness (QED) is 0.843. The van der Waals surface area contributed by atoms with E-state index in [9.17, 15) is 9.50 Å². The fraction of sp³-hybridized carbons (Fsp3) is 0.200. The van der Waals surface area contributed by atoms with Gasteiger partial charge in [-0.15, -0.1) is 0 Å². The lowest BCUT2D eigenvalue weighted by molar-refractivity contribution is 0.161. The van der Waals surface area contributed by atoms with Gasteiger partial charge in [-0.2, -0.15) is 0 Å². The van der Waals surface area contributed by atoms with Crippen molar-refractivity contribution in [2.45, 2.75) is 18.6 Å². The first-order chi connectivity index (χ1) is 9.52. The van der Waals surface area contributed by atoms with E-state index in [1.165, 1.54) is 12.1 Å². The molecule has 0 aromatic heterocycles. The van der Waals surface area contributed by atoms with E-state index >= 15 is 0 Å². The van der Waals surface area contributed by atoms with Gasteiger partial charge in [0.1, 0.15) is 23.4 Å². The molecule has 2 aromatic rings. The predicted molar refractivity (Wildman–Crippen MR) is 74.4 cm³/mol. The van der Waals surface area contributed by atoms with Crippen molar-refractivity contribution in [3.8, 4) is 11.5 Å². The maximum Gasteiger partial charge on any atom is 0.127 e. The number of hydrogen-bond acceptors (Lipinski definition) is 3.